The first kappa shape index (κ1) is 20.0. The lowest BCUT2D eigenvalue weighted by molar-refractivity contribution is -0.173. The molecule has 0 saturated heterocycles. The van der Waals surface area contributed by atoms with Crippen LogP contribution in [0.5, 0.6) is 0 Å². The van der Waals surface area contributed by atoms with Crippen LogP contribution in [0.15, 0.2) is 18.3 Å². The number of carbonyl (C=O) groups excluding carboxylic acids is 1. The molecule has 3 aromatic heterocycles. The smallest absolute Gasteiger partial charge is 0.242 e. The zero-order valence-electron chi connectivity index (χ0n) is 16.8. The topological polar surface area (TPSA) is 99.2 Å². The second-order valence-corrected chi connectivity index (χ2v) is 6.86. The van der Waals surface area contributed by atoms with Crippen molar-refractivity contribution in [2.24, 2.45) is 0 Å². The van der Waals surface area contributed by atoms with E-state index in [4.69, 9.17) is 15.6 Å². The molecule has 0 radical (unpaired) electrons. The number of aromatic nitrogens is 4. The van der Waals surface area contributed by atoms with Crippen LogP contribution >= 0.6 is 0 Å². The molecule has 0 aromatic carbocycles. The predicted molar refractivity (Wildman–Crippen MR) is 109 cm³/mol. The highest BCUT2D eigenvalue weighted by molar-refractivity contribution is 6.04. The fourth-order valence-corrected chi connectivity index (χ4v) is 3.44. The predicted octanol–water partition coefficient (Wildman–Crippen LogP) is 3.09. The van der Waals surface area contributed by atoms with Gasteiger partial charge in [0.25, 0.3) is 0 Å². The van der Waals surface area contributed by atoms with Crippen LogP contribution in [-0.4, -0.2) is 44.1 Å². The quantitative estimate of drug-likeness (QED) is 0.449. The summed E-state index contributed by atoms with van der Waals surface area (Å²) in [6, 6.07) is 3.78. The second-order valence-electron chi connectivity index (χ2n) is 6.86. The number of nitrogen functional groups attached to an aromatic ring is 1. The molecule has 0 aliphatic carbocycles. The fourth-order valence-electron chi connectivity index (χ4n) is 3.44. The van der Waals surface area contributed by atoms with E-state index in [-0.39, 0.29) is 5.91 Å². The zero-order chi connectivity index (χ0) is 20.1. The van der Waals surface area contributed by atoms with Crippen molar-refractivity contribution in [3.05, 3.63) is 24.2 Å². The lowest BCUT2D eigenvalue weighted by atomic mass is 10.2. The summed E-state index contributed by atoms with van der Waals surface area (Å²) in [6.07, 6.45) is 6.52. The van der Waals surface area contributed by atoms with E-state index < -0.39 is 0 Å². The third kappa shape index (κ3) is 4.06. The molecule has 2 N–H and O–H groups in total. The van der Waals surface area contributed by atoms with Gasteiger partial charge in [-0.3, -0.25) is 14.6 Å². The van der Waals surface area contributed by atoms with Gasteiger partial charge >= 0.3 is 0 Å². The van der Waals surface area contributed by atoms with Gasteiger partial charge in [-0.2, -0.15) is 0 Å². The largest absolute Gasteiger partial charge is 0.382 e. The summed E-state index contributed by atoms with van der Waals surface area (Å²) >= 11 is 0. The van der Waals surface area contributed by atoms with Crippen LogP contribution in [0.4, 0.5) is 5.82 Å². The van der Waals surface area contributed by atoms with Crippen LogP contribution in [0.1, 0.15) is 45.4 Å². The number of pyridine rings is 2. The minimum atomic E-state index is -0.0896. The number of aryl methyl sites for hydroxylation is 2. The number of rotatable bonds is 9. The van der Waals surface area contributed by atoms with E-state index in [2.05, 4.69) is 21.5 Å². The number of unbranched alkanes of at least 4 members (excludes halogenated alkanes) is 2. The maximum absolute atomic E-state index is 11.5. The molecule has 0 aliphatic heterocycles. The number of fused-ring (bicyclic) bond motifs is 3. The molecule has 3 aromatic rings. The number of hydrogen-bond acceptors (Lipinski definition) is 6. The summed E-state index contributed by atoms with van der Waals surface area (Å²) < 4.78 is 2.23. The molecule has 150 valence electrons. The van der Waals surface area contributed by atoms with Crippen LogP contribution in [0, 0.1) is 0 Å². The summed E-state index contributed by atoms with van der Waals surface area (Å²) in [5.74, 6) is 1.36. The highest BCUT2D eigenvalue weighted by atomic mass is 16.7. The van der Waals surface area contributed by atoms with Crippen LogP contribution in [0.2, 0.25) is 0 Å². The van der Waals surface area contributed by atoms with Crippen molar-refractivity contribution >= 4 is 33.8 Å². The molecule has 0 unspecified atom stereocenters. The Balaban J connectivity index is 1.93. The van der Waals surface area contributed by atoms with Crippen molar-refractivity contribution in [3.8, 4) is 0 Å². The number of imidazole rings is 1. The van der Waals surface area contributed by atoms with E-state index in [9.17, 15) is 4.79 Å². The number of anilines is 1. The van der Waals surface area contributed by atoms with E-state index in [1.165, 1.54) is 19.1 Å². The summed E-state index contributed by atoms with van der Waals surface area (Å²) in [5.41, 5.74) is 9.47. The molecule has 0 spiro atoms. The summed E-state index contributed by atoms with van der Waals surface area (Å²) in [6.45, 7) is 5.01. The van der Waals surface area contributed by atoms with E-state index in [0.29, 0.717) is 12.4 Å². The van der Waals surface area contributed by atoms with Gasteiger partial charge in [0.05, 0.1) is 12.6 Å². The first-order valence-electron chi connectivity index (χ1n) is 9.78. The number of hydrogen-bond donors (Lipinski definition) is 1. The lowest BCUT2D eigenvalue weighted by Gasteiger charge is -2.17. The summed E-state index contributed by atoms with van der Waals surface area (Å²) in [7, 11) is 1.52. The van der Waals surface area contributed by atoms with E-state index in [1.54, 1.807) is 6.20 Å². The van der Waals surface area contributed by atoms with Gasteiger partial charge in [0.15, 0.2) is 5.82 Å². The molecule has 3 heterocycles. The van der Waals surface area contributed by atoms with Gasteiger partial charge in [-0.15, -0.1) is 0 Å². The van der Waals surface area contributed by atoms with Crippen LogP contribution < -0.4 is 5.73 Å². The number of nitrogens with two attached hydrogens (primary N) is 1. The Hall–Kier alpha value is -2.74. The van der Waals surface area contributed by atoms with E-state index in [0.717, 1.165) is 66.5 Å². The molecule has 3 rings (SSSR count). The number of carbonyl (C=O) groups is 1. The molecule has 8 heteroatoms. The van der Waals surface area contributed by atoms with Gasteiger partial charge in [0.2, 0.25) is 5.91 Å². The molecular formula is C20H28N6O2. The Morgan fingerprint density at radius 3 is 2.79 bits per heavy atom. The van der Waals surface area contributed by atoms with Gasteiger partial charge < -0.3 is 10.3 Å². The average Bonchev–Trinajstić information content (AvgIpc) is 3.05. The number of amides is 1. The summed E-state index contributed by atoms with van der Waals surface area (Å²) in [4.78, 5) is 30.4. The van der Waals surface area contributed by atoms with Gasteiger partial charge in [0, 0.05) is 32.6 Å². The fraction of sp³-hybridized carbons (Fsp3) is 0.500. The Labute approximate surface area is 164 Å². The van der Waals surface area contributed by atoms with Gasteiger partial charge in [-0.1, -0.05) is 13.3 Å². The molecule has 0 fully saturated rings. The van der Waals surface area contributed by atoms with Crippen molar-refractivity contribution in [2.45, 2.75) is 52.5 Å². The second kappa shape index (κ2) is 8.97. The number of hydroxylamine groups is 2. The maximum Gasteiger partial charge on any atom is 0.242 e. The van der Waals surface area contributed by atoms with Crippen molar-refractivity contribution in [1.29, 1.82) is 0 Å². The Morgan fingerprint density at radius 1 is 1.25 bits per heavy atom. The first-order valence-corrected chi connectivity index (χ1v) is 9.78. The van der Waals surface area contributed by atoms with Crippen molar-refractivity contribution in [2.75, 3.05) is 19.4 Å². The van der Waals surface area contributed by atoms with Crippen LogP contribution in [0.3, 0.4) is 0 Å². The minimum Gasteiger partial charge on any atom is -0.382 e. The van der Waals surface area contributed by atoms with Crippen LogP contribution in [-0.2, 0) is 22.6 Å². The maximum atomic E-state index is 11.5. The first-order chi connectivity index (χ1) is 13.6. The molecule has 0 atom stereocenters. The van der Waals surface area contributed by atoms with Crippen molar-refractivity contribution < 1.29 is 9.63 Å². The summed E-state index contributed by atoms with van der Waals surface area (Å²) in [5, 5.41) is 1.38. The SMILES string of the molecule is CCCCc1nc2c(N)nc3cccnc3c2n1CCCCN(OC)C(C)=O. The number of nitrogens with zero attached hydrogens (tertiary/aromatic N) is 5. The molecule has 0 bridgehead atoms. The van der Waals surface area contributed by atoms with Crippen molar-refractivity contribution in [3.63, 3.8) is 0 Å². The highest BCUT2D eigenvalue weighted by Crippen LogP contribution is 2.28. The molecular weight excluding hydrogens is 356 g/mol. The molecule has 0 aliphatic rings. The van der Waals surface area contributed by atoms with E-state index in [1.807, 2.05) is 12.1 Å². The molecule has 1 amide bonds. The standard InChI is InChI=1S/C20H28N6O2/c1-4-5-10-16-24-18-19(17-15(23-20(18)21)9-8-11-22-17)25(16)12-6-7-13-26(28-3)14(2)27/h8-9,11H,4-7,10,12-13H2,1-3H3,(H2,21,23). The average molecular weight is 384 g/mol. The highest BCUT2D eigenvalue weighted by Gasteiger charge is 2.18. The minimum absolute atomic E-state index is 0.0896. The third-order valence-electron chi connectivity index (χ3n) is 4.86. The zero-order valence-corrected chi connectivity index (χ0v) is 16.8. The lowest BCUT2D eigenvalue weighted by Crippen LogP contribution is -2.28. The van der Waals surface area contributed by atoms with Crippen LogP contribution in [0.25, 0.3) is 22.1 Å². The van der Waals surface area contributed by atoms with Gasteiger partial charge in [-0.25, -0.2) is 15.0 Å². The molecule has 0 saturated carbocycles. The van der Waals surface area contributed by atoms with E-state index >= 15 is 0 Å². The van der Waals surface area contributed by atoms with Crippen molar-refractivity contribution in [1.82, 2.24) is 24.6 Å². The molecule has 8 nitrogen and oxygen atoms in total. The Morgan fingerprint density at radius 2 is 2.07 bits per heavy atom. The monoisotopic (exact) mass is 384 g/mol. The third-order valence-corrected chi connectivity index (χ3v) is 4.86. The van der Waals surface area contributed by atoms with Gasteiger partial charge in [-0.05, 0) is 31.4 Å². The van der Waals surface area contributed by atoms with Gasteiger partial charge in [0.1, 0.15) is 22.4 Å². The normalized spacial score (nSPS) is 11.4. The Bertz CT molecular complexity index is 968. The molecule has 28 heavy (non-hydrogen) atoms. The Kier molecular flexibility index (Phi) is 6.41.